The lowest BCUT2D eigenvalue weighted by Crippen LogP contribution is -2.49. The Morgan fingerprint density at radius 3 is 2.68 bits per heavy atom. The van der Waals surface area contributed by atoms with Crippen LogP contribution < -0.4 is 10.1 Å². The second kappa shape index (κ2) is 11.7. The van der Waals surface area contributed by atoms with Crippen LogP contribution in [0.2, 0.25) is 5.02 Å². The fourth-order valence-electron chi connectivity index (χ4n) is 4.57. The highest BCUT2D eigenvalue weighted by Gasteiger charge is 2.23. The Bertz CT molecular complexity index is 994. The Morgan fingerprint density at radius 2 is 1.94 bits per heavy atom. The van der Waals surface area contributed by atoms with Crippen molar-refractivity contribution in [2.24, 2.45) is 0 Å². The fraction of sp³-hybridized carbons (Fsp3) is 0.462. The molecular weight excluding hydrogens is 452 g/mol. The third kappa shape index (κ3) is 6.95. The summed E-state index contributed by atoms with van der Waals surface area (Å²) in [5, 5.41) is 3.61. The third-order valence-electron chi connectivity index (χ3n) is 6.38. The monoisotopic (exact) mass is 484 g/mol. The summed E-state index contributed by atoms with van der Waals surface area (Å²) in [5.41, 5.74) is 1.83. The average molecular weight is 485 g/mol. The number of carbonyl (C=O) groups is 2. The maximum atomic E-state index is 12.7. The second-order valence-corrected chi connectivity index (χ2v) is 9.58. The van der Waals surface area contributed by atoms with E-state index >= 15 is 0 Å². The number of likely N-dealkylation sites (N-methyl/N-ethyl adjacent to an activating group) is 1. The van der Waals surface area contributed by atoms with Gasteiger partial charge < -0.3 is 19.9 Å². The number of rotatable bonds is 9. The SMILES string of the molecule is CN(Cc1cccc(OCCN2CCN(C(=O)c3cccc(Cl)c3)CC2)c1)CC1CCC(=O)N1. The molecule has 0 aliphatic carbocycles. The predicted octanol–water partition coefficient (Wildman–Crippen LogP) is 2.89. The van der Waals surface area contributed by atoms with Gasteiger partial charge in [0.25, 0.3) is 5.91 Å². The summed E-state index contributed by atoms with van der Waals surface area (Å²) < 4.78 is 6.02. The second-order valence-electron chi connectivity index (χ2n) is 9.14. The first-order chi connectivity index (χ1) is 16.5. The van der Waals surface area contributed by atoms with Crippen LogP contribution in [-0.4, -0.2) is 85.5 Å². The summed E-state index contributed by atoms with van der Waals surface area (Å²) in [6.07, 6.45) is 1.55. The number of hydrogen-bond acceptors (Lipinski definition) is 5. The Labute approximate surface area is 206 Å². The van der Waals surface area contributed by atoms with Gasteiger partial charge in [-0.15, -0.1) is 0 Å². The van der Waals surface area contributed by atoms with Crippen LogP contribution in [0.3, 0.4) is 0 Å². The molecule has 0 bridgehead atoms. The third-order valence-corrected chi connectivity index (χ3v) is 6.61. The van der Waals surface area contributed by atoms with Crippen LogP contribution >= 0.6 is 11.6 Å². The van der Waals surface area contributed by atoms with Crippen molar-refractivity contribution in [3.8, 4) is 5.75 Å². The Kier molecular flexibility index (Phi) is 8.43. The number of ether oxygens (including phenoxy) is 1. The van der Waals surface area contributed by atoms with Crippen molar-refractivity contribution in [1.82, 2.24) is 20.0 Å². The van der Waals surface area contributed by atoms with Gasteiger partial charge in [0.1, 0.15) is 12.4 Å². The minimum Gasteiger partial charge on any atom is -0.492 e. The standard InChI is InChI=1S/C26H33ClN4O3/c1-29(19-23-8-9-25(32)28-23)18-20-4-2-7-24(16-20)34-15-14-30-10-12-31(13-11-30)26(33)21-5-3-6-22(27)17-21/h2-7,16-17,23H,8-15,18-19H2,1H3,(H,28,32). The van der Waals surface area contributed by atoms with E-state index in [4.69, 9.17) is 16.3 Å². The summed E-state index contributed by atoms with van der Waals surface area (Å²) >= 11 is 6.02. The van der Waals surface area contributed by atoms with Crippen LogP contribution in [0.1, 0.15) is 28.8 Å². The molecule has 1 N–H and O–H groups in total. The number of hydrogen-bond donors (Lipinski definition) is 1. The molecule has 2 aliphatic heterocycles. The number of nitrogens with zero attached hydrogens (tertiary/aromatic N) is 3. The zero-order valence-electron chi connectivity index (χ0n) is 19.7. The van der Waals surface area contributed by atoms with E-state index in [-0.39, 0.29) is 17.9 Å². The van der Waals surface area contributed by atoms with E-state index in [2.05, 4.69) is 34.3 Å². The van der Waals surface area contributed by atoms with E-state index in [9.17, 15) is 9.59 Å². The van der Waals surface area contributed by atoms with Crippen LogP contribution in [-0.2, 0) is 11.3 Å². The Morgan fingerprint density at radius 1 is 1.15 bits per heavy atom. The molecule has 0 spiro atoms. The van der Waals surface area contributed by atoms with Gasteiger partial charge in [-0.1, -0.05) is 29.8 Å². The predicted molar refractivity (Wildman–Crippen MR) is 133 cm³/mol. The maximum Gasteiger partial charge on any atom is 0.253 e. The van der Waals surface area contributed by atoms with Crippen molar-refractivity contribution in [3.63, 3.8) is 0 Å². The molecule has 182 valence electrons. The van der Waals surface area contributed by atoms with Gasteiger partial charge >= 0.3 is 0 Å². The molecule has 1 unspecified atom stereocenters. The maximum absolute atomic E-state index is 12.7. The van der Waals surface area contributed by atoms with E-state index in [0.717, 1.165) is 44.9 Å². The molecule has 34 heavy (non-hydrogen) atoms. The molecule has 2 aliphatic rings. The number of halogens is 1. The average Bonchev–Trinajstić information content (AvgIpc) is 3.23. The topological polar surface area (TPSA) is 65.1 Å². The highest BCUT2D eigenvalue weighted by Crippen LogP contribution is 2.17. The van der Waals surface area contributed by atoms with E-state index in [1.807, 2.05) is 29.2 Å². The van der Waals surface area contributed by atoms with Crippen LogP contribution in [0, 0.1) is 0 Å². The first kappa shape index (κ1) is 24.5. The van der Waals surface area contributed by atoms with Gasteiger partial charge in [-0.2, -0.15) is 0 Å². The van der Waals surface area contributed by atoms with Crippen LogP contribution in [0.25, 0.3) is 0 Å². The highest BCUT2D eigenvalue weighted by molar-refractivity contribution is 6.30. The molecule has 0 radical (unpaired) electrons. The normalized spacial score (nSPS) is 18.9. The largest absolute Gasteiger partial charge is 0.492 e. The van der Waals surface area contributed by atoms with Gasteiger partial charge in [-0.25, -0.2) is 0 Å². The number of nitrogens with one attached hydrogen (secondary N) is 1. The Balaban J connectivity index is 1.17. The van der Waals surface area contributed by atoms with Crippen molar-refractivity contribution in [1.29, 1.82) is 0 Å². The van der Waals surface area contributed by atoms with Crippen LogP contribution in [0.5, 0.6) is 5.75 Å². The molecule has 2 amide bonds. The smallest absolute Gasteiger partial charge is 0.253 e. The van der Waals surface area contributed by atoms with Crippen molar-refractivity contribution in [3.05, 3.63) is 64.7 Å². The summed E-state index contributed by atoms with van der Waals surface area (Å²) in [6.45, 7) is 6.16. The number of benzene rings is 2. The molecule has 0 saturated carbocycles. The van der Waals surface area contributed by atoms with E-state index in [0.29, 0.717) is 36.7 Å². The van der Waals surface area contributed by atoms with Gasteiger partial charge in [0.2, 0.25) is 5.91 Å². The van der Waals surface area contributed by atoms with Crippen LogP contribution in [0.4, 0.5) is 0 Å². The first-order valence-electron chi connectivity index (χ1n) is 11.9. The lowest BCUT2D eigenvalue weighted by atomic mass is 10.1. The fourth-order valence-corrected chi connectivity index (χ4v) is 4.76. The zero-order valence-corrected chi connectivity index (χ0v) is 20.5. The van der Waals surface area contributed by atoms with E-state index < -0.39 is 0 Å². The number of carbonyl (C=O) groups excluding carboxylic acids is 2. The van der Waals surface area contributed by atoms with Crippen LogP contribution in [0.15, 0.2) is 48.5 Å². The molecule has 2 aromatic carbocycles. The minimum absolute atomic E-state index is 0.0375. The molecule has 4 rings (SSSR count). The lowest BCUT2D eigenvalue weighted by Gasteiger charge is -2.34. The molecule has 0 aromatic heterocycles. The molecule has 2 heterocycles. The van der Waals surface area contributed by atoms with Crippen molar-refractivity contribution >= 4 is 23.4 Å². The first-order valence-corrected chi connectivity index (χ1v) is 12.3. The zero-order chi connectivity index (χ0) is 23.9. The summed E-state index contributed by atoms with van der Waals surface area (Å²) in [4.78, 5) is 30.5. The van der Waals surface area contributed by atoms with Gasteiger partial charge in [-0.3, -0.25) is 14.5 Å². The van der Waals surface area contributed by atoms with E-state index in [1.54, 1.807) is 12.1 Å². The molecule has 8 heteroatoms. The van der Waals surface area contributed by atoms with Gasteiger partial charge in [0.15, 0.2) is 0 Å². The number of piperazine rings is 1. The molecule has 7 nitrogen and oxygen atoms in total. The quantitative estimate of drug-likeness (QED) is 0.593. The van der Waals surface area contributed by atoms with Crippen molar-refractivity contribution < 1.29 is 14.3 Å². The highest BCUT2D eigenvalue weighted by atomic mass is 35.5. The van der Waals surface area contributed by atoms with E-state index in [1.165, 1.54) is 5.56 Å². The van der Waals surface area contributed by atoms with Gasteiger partial charge in [0.05, 0.1) is 0 Å². The number of amides is 2. The molecule has 2 saturated heterocycles. The molecule has 1 atom stereocenters. The van der Waals surface area contributed by atoms with Gasteiger partial charge in [0, 0.05) is 68.9 Å². The molecule has 2 aromatic rings. The summed E-state index contributed by atoms with van der Waals surface area (Å²) in [5.74, 6) is 1.06. The summed E-state index contributed by atoms with van der Waals surface area (Å²) in [6, 6.07) is 15.6. The lowest BCUT2D eigenvalue weighted by molar-refractivity contribution is -0.119. The minimum atomic E-state index is 0.0375. The molecular formula is C26H33ClN4O3. The summed E-state index contributed by atoms with van der Waals surface area (Å²) in [7, 11) is 2.08. The Hall–Kier alpha value is -2.61. The van der Waals surface area contributed by atoms with Crippen molar-refractivity contribution in [2.75, 3.05) is 52.9 Å². The van der Waals surface area contributed by atoms with Gasteiger partial charge in [-0.05, 0) is 49.4 Å². The van der Waals surface area contributed by atoms with Crippen molar-refractivity contribution in [2.45, 2.75) is 25.4 Å². The molecule has 2 fully saturated rings.